The second-order valence-electron chi connectivity index (χ2n) is 5.42. The highest BCUT2D eigenvalue weighted by atomic mass is 32.2. The van der Waals surface area contributed by atoms with Gasteiger partial charge in [0.1, 0.15) is 11.4 Å². The normalized spacial score (nSPS) is 12.5. The van der Waals surface area contributed by atoms with Crippen LogP contribution in [0.5, 0.6) is 0 Å². The SMILES string of the molecule is CNc1nc(Nc2cn(S(=O)(=O)C(C)C)nc2C)ncc1C(F)(F)F. The van der Waals surface area contributed by atoms with Gasteiger partial charge in [0.05, 0.1) is 22.8 Å². The number of hydrogen-bond acceptors (Lipinski definition) is 7. The highest BCUT2D eigenvalue weighted by Gasteiger charge is 2.35. The van der Waals surface area contributed by atoms with Gasteiger partial charge >= 0.3 is 6.18 Å². The molecule has 0 aliphatic carbocycles. The molecule has 8 nitrogen and oxygen atoms in total. The Balaban J connectivity index is 2.37. The number of aromatic nitrogens is 4. The summed E-state index contributed by atoms with van der Waals surface area (Å²) in [5, 5.41) is 8.27. The first-order valence-electron chi connectivity index (χ1n) is 7.16. The lowest BCUT2D eigenvalue weighted by Crippen LogP contribution is -2.22. The van der Waals surface area contributed by atoms with E-state index in [1.54, 1.807) is 6.92 Å². The van der Waals surface area contributed by atoms with Gasteiger partial charge in [0.2, 0.25) is 5.95 Å². The Labute approximate surface area is 142 Å². The van der Waals surface area contributed by atoms with Crippen molar-refractivity contribution < 1.29 is 21.6 Å². The van der Waals surface area contributed by atoms with Crippen molar-refractivity contribution in [2.75, 3.05) is 17.7 Å². The zero-order chi connectivity index (χ0) is 19.0. The Morgan fingerprint density at radius 2 is 1.92 bits per heavy atom. The van der Waals surface area contributed by atoms with E-state index < -0.39 is 32.8 Å². The van der Waals surface area contributed by atoms with Gasteiger partial charge in [-0.05, 0) is 20.8 Å². The van der Waals surface area contributed by atoms with Gasteiger partial charge in [-0.15, -0.1) is 0 Å². The number of alkyl halides is 3. The average Bonchev–Trinajstić information content (AvgIpc) is 2.87. The molecule has 2 aromatic heterocycles. The van der Waals surface area contributed by atoms with Crippen LogP contribution >= 0.6 is 0 Å². The zero-order valence-electron chi connectivity index (χ0n) is 13.9. The van der Waals surface area contributed by atoms with Crippen molar-refractivity contribution in [1.82, 2.24) is 19.2 Å². The van der Waals surface area contributed by atoms with Crippen molar-refractivity contribution in [2.24, 2.45) is 0 Å². The maximum atomic E-state index is 12.8. The maximum Gasteiger partial charge on any atom is 0.421 e. The lowest BCUT2D eigenvalue weighted by Gasteiger charge is -2.12. The van der Waals surface area contributed by atoms with Crippen LogP contribution in [0.25, 0.3) is 0 Å². The Kier molecular flexibility index (Phi) is 4.93. The van der Waals surface area contributed by atoms with Crippen molar-refractivity contribution in [3.05, 3.63) is 23.7 Å². The van der Waals surface area contributed by atoms with E-state index in [0.29, 0.717) is 11.9 Å². The third kappa shape index (κ3) is 3.83. The highest BCUT2D eigenvalue weighted by molar-refractivity contribution is 7.90. The molecule has 25 heavy (non-hydrogen) atoms. The summed E-state index contributed by atoms with van der Waals surface area (Å²) in [6.07, 6.45) is -2.72. The molecule has 0 aliphatic rings. The summed E-state index contributed by atoms with van der Waals surface area (Å²) in [6, 6.07) is 0. The van der Waals surface area contributed by atoms with Crippen molar-refractivity contribution in [2.45, 2.75) is 32.2 Å². The molecule has 0 radical (unpaired) electrons. The lowest BCUT2D eigenvalue weighted by atomic mass is 10.3. The Morgan fingerprint density at radius 1 is 1.28 bits per heavy atom. The van der Waals surface area contributed by atoms with Gasteiger partial charge in [0, 0.05) is 13.2 Å². The monoisotopic (exact) mass is 378 g/mol. The minimum absolute atomic E-state index is 0.123. The first kappa shape index (κ1) is 19.0. The van der Waals surface area contributed by atoms with Gasteiger partial charge in [-0.3, -0.25) is 0 Å². The highest BCUT2D eigenvalue weighted by Crippen LogP contribution is 2.33. The summed E-state index contributed by atoms with van der Waals surface area (Å²) >= 11 is 0. The number of rotatable bonds is 5. The van der Waals surface area contributed by atoms with E-state index in [4.69, 9.17) is 0 Å². The zero-order valence-corrected chi connectivity index (χ0v) is 14.7. The van der Waals surface area contributed by atoms with Crippen molar-refractivity contribution >= 4 is 27.5 Å². The molecule has 2 aromatic rings. The standard InChI is InChI=1S/C13H17F3N6O2S/c1-7(2)25(23,24)22-6-10(8(3)21-22)19-12-18-5-9(13(14,15)16)11(17-4)20-12/h5-7H,1-4H3,(H2,17,18,19,20). The molecular formula is C13H17F3N6O2S. The molecule has 2 rings (SSSR count). The molecule has 0 fully saturated rings. The van der Waals surface area contributed by atoms with Gasteiger partial charge in [-0.2, -0.15) is 27.3 Å². The van der Waals surface area contributed by atoms with E-state index in [0.717, 1.165) is 4.09 Å². The second-order valence-corrected chi connectivity index (χ2v) is 7.77. The first-order chi connectivity index (χ1) is 11.5. The van der Waals surface area contributed by atoms with E-state index in [2.05, 4.69) is 25.7 Å². The topological polar surface area (TPSA) is 102 Å². The Bertz CT molecular complexity index is 876. The predicted octanol–water partition coefficient (Wildman–Crippen LogP) is 2.37. The largest absolute Gasteiger partial charge is 0.421 e. The van der Waals surface area contributed by atoms with Gasteiger partial charge in [-0.1, -0.05) is 0 Å². The lowest BCUT2D eigenvalue weighted by molar-refractivity contribution is -0.137. The van der Waals surface area contributed by atoms with Crippen LogP contribution in [0, 0.1) is 6.92 Å². The van der Waals surface area contributed by atoms with Crippen molar-refractivity contribution in [1.29, 1.82) is 0 Å². The molecule has 0 unspecified atom stereocenters. The summed E-state index contributed by atoms with van der Waals surface area (Å²) in [5.74, 6) is -0.521. The van der Waals surface area contributed by atoms with Crippen LogP contribution in [-0.2, 0) is 16.2 Å². The molecule has 0 bridgehead atoms. The van der Waals surface area contributed by atoms with Crippen LogP contribution in [0.2, 0.25) is 0 Å². The van der Waals surface area contributed by atoms with E-state index in [9.17, 15) is 21.6 Å². The van der Waals surface area contributed by atoms with Crippen LogP contribution in [0.15, 0.2) is 12.4 Å². The molecule has 0 aromatic carbocycles. The van der Waals surface area contributed by atoms with Gasteiger partial charge < -0.3 is 10.6 Å². The summed E-state index contributed by atoms with van der Waals surface area (Å²) in [4.78, 5) is 7.39. The number of nitrogens with one attached hydrogen (secondary N) is 2. The third-order valence-corrected chi connectivity index (χ3v) is 5.21. The molecule has 2 heterocycles. The Hall–Kier alpha value is -2.37. The van der Waals surface area contributed by atoms with Gasteiger partial charge in [-0.25, -0.2) is 13.4 Å². The van der Waals surface area contributed by atoms with Crippen molar-refractivity contribution in [3.8, 4) is 0 Å². The van der Waals surface area contributed by atoms with E-state index in [1.807, 2.05) is 0 Å². The summed E-state index contributed by atoms with van der Waals surface area (Å²) < 4.78 is 63.6. The van der Waals surface area contributed by atoms with Crippen LogP contribution in [0.4, 0.5) is 30.6 Å². The molecule has 0 spiro atoms. The summed E-state index contributed by atoms with van der Waals surface area (Å²) in [6.45, 7) is 4.58. The van der Waals surface area contributed by atoms with Crippen LogP contribution in [-0.4, -0.2) is 39.9 Å². The first-order valence-corrected chi connectivity index (χ1v) is 8.66. The van der Waals surface area contributed by atoms with Crippen LogP contribution in [0.3, 0.4) is 0 Å². The third-order valence-electron chi connectivity index (χ3n) is 3.31. The summed E-state index contributed by atoms with van der Waals surface area (Å²) in [5.41, 5.74) is -0.403. The fraction of sp³-hybridized carbons (Fsp3) is 0.462. The average molecular weight is 378 g/mol. The number of hydrogen-bond donors (Lipinski definition) is 2. The predicted molar refractivity (Wildman–Crippen MR) is 86.3 cm³/mol. The van der Waals surface area contributed by atoms with E-state index in [-0.39, 0.29) is 11.6 Å². The number of nitrogens with zero attached hydrogens (tertiary/aromatic N) is 4. The molecule has 0 atom stereocenters. The molecule has 0 saturated carbocycles. The fourth-order valence-electron chi connectivity index (χ4n) is 1.86. The molecule has 138 valence electrons. The number of anilines is 3. The van der Waals surface area contributed by atoms with Crippen LogP contribution in [0.1, 0.15) is 25.1 Å². The maximum absolute atomic E-state index is 12.8. The quantitative estimate of drug-likeness (QED) is 0.823. The second kappa shape index (κ2) is 6.50. The van der Waals surface area contributed by atoms with Crippen LogP contribution < -0.4 is 10.6 Å². The molecule has 0 aliphatic heterocycles. The molecule has 0 saturated heterocycles. The molecule has 12 heteroatoms. The van der Waals surface area contributed by atoms with Crippen molar-refractivity contribution in [3.63, 3.8) is 0 Å². The van der Waals surface area contributed by atoms with E-state index >= 15 is 0 Å². The molecule has 2 N–H and O–H groups in total. The smallest absolute Gasteiger partial charge is 0.372 e. The molecular weight excluding hydrogens is 361 g/mol. The number of aryl methyl sites for hydroxylation is 1. The molecule has 0 amide bonds. The fourth-order valence-corrected chi connectivity index (χ4v) is 2.78. The minimum atomic E-state index is -4.59. The Morgan fingerprint density at radius 3 is 2.44 bits per heavy atom. The van der Waals surface area contributed by atoms with Gasteiger partial charge in [0.25, 0.3) is 10.0 Å². The summed E-state index contributed by atoms with van der Waals surface area (Å²) in [7, 11) is -2.34. The van der Waals surface area contributed by atoms with Gasteiger partial charge in [0.15, 0.2) is 0 Å². The minimum Gasteiger partial charge on any atom is -0.372 e. The van der Waals surface area contributed by atoms with E-state index in [1.165, 1.54) is 27.1 Å². The number of halogens is 3.